The fraction of sp³-hybridized carbons (Fsp3) is 0.838. The van der Waals surface area contributed by atoms with Crippen LogP contribution in [0.25, 0.3) is 0 Å². The first-order chi connectivity index (χ1) is 23.5. The summed E-state index contributed by atoms with van der Waals surface area (Å²) in [6, 6.07) is -4.07. The van der Waals surface area contributed by atoms with Gasteiger partial charge in [-0.25, -0.2) is 4.79 Å². The molecule has 51 heavy (non-hydrogen) atoms. The molecule has 1 unspecified atom stereocenters. The van der Waals surface area contributed by atoms with E-state index in [-0.39, 0.29) is 53.7 Å². The summed E-state index contributed by atoms with van der Waals surface area (Å²) < 4.78 is 5.11. The molecule has 5 aliphatic rings. The molecule has 2 saturated heterocycles. The average molecular weight is 716 g/mol. The van der Waals surface area contributed by atoms with Gasteiger partial charge in [-0.1, -0.05) is 81.1 Å². The highest BCUT2D eigenvalue weighted by atomic mass is 16.5. The molecule has 6 amide bonds. The Bertz CT molecular complexity index is 1440. The Morgan fingerprint density at radius 3 is 1.94 bits per heavy atom. The Labute approximate surface area is 302 Å². The molecule has 3 saturated carbocycles. The number of hydrogen-bond acceptors (Lipinski definition) is 8. The van der Waals surface area contributed by atoms with Crippen molar-refractivity contribution in [1.29, 1.82) is 0 Å². The fourth-order valence-electron chi connectivity index (χ4n) is 9.34. The maximum atomic E-state index is 14.8. The van der Waals surface area contributed by atoms with Gasteiger partial charge in [0.25, 0.3) is 5.91 Å². The maximum absolute atomic E-state index is 14.8. The number of rotatable bonds is 12. The summed E-state index contributed by atoms with van der Waals surface area (Å²) in [5.74, 6) is -2.94. The van der Waals surface area contributed by atoms with Crippen LogP contribution in [0.5, 0.6) is 0 Å². The van der Waals surface area contributed by atoms with E-state index >= 15 is 0 Å². The van der Waals surface area contributed by atoms with Gasteiger partial charge in [-0.05, 0) is 53.3 Å². The average Bonchev–Trinajstić information content (AvgIpc) is 3.19. The van der Waals surface area contributed by atoms with Gasteiger partial charge in [-0.2, -0.15) is 0 Å². The monoisotopic (exact) mass is 715 g/mol. The predicted octanol–water partition coefficient (Wildman–Crippen LogP) is 1.49. The number of hydrogen-bond donors (Lipinski definition) is 6. The number of Topliss-reactive ketones (excluding diaryl/α,β-unsaturated/α-hetero) is 1. The molecule has 2 aliphatic heterocycles. The molecule has 0 aromatic rings. The molecule has 286 valence electrons. The molecule has 3 aliphatic carbocycles. The Morgan fingerprint density at radius 1 is 0.882 bits per heavy atom. The maximum Gasteiger partial charge on any atom is 0.315 e. The number of ether oxygens (including phenoxy) is 1. The number of carbonyl (C=O) groups is 6. The van der Waals surface area contributed by atoms with Crippen LogP contribution < -0.4 is 32.7 Å². The van der Waals surface area contributed by atoms with E-state index in [9.17, 15) is 28.8 Å². The lowest BCUT2D eigenvalue weighted by molar-refractivity contribution is -0.143. The minimum atomic E-state index is -1.09. The molecule has 0 bridgehead atoms. The predicted molar refractivity (Wildman–Crippen MR) is 190 cm³/mol. The summed E-state index contributed by atoms with van der Waals surface area (Å²) in [6.07, 6.45) is 6.76. The van der Waals surface area contributed by atoms with E-state index in [1.807, 2.05) is 41.5 Å². The van der Waals surface area contributed by atoms with Gasteiger partial charge in [0, 0.05) is 18.5 Å². The lowest BCUT2D eigenvalue weighted by Crippen LogP contribution is -2.68. The second-order valence-electron chi connectivity index (χ2n) is 18.8. The minimum Gasteiger partial charge on any atom is -0.376 e. The molecule has 0 radical (unpaired) electrons. The van der Waals surface area contributed by atoms with E-state index < -0.39 is 64.2 Å². The van der Waals surface area contributed by atoms with E-state index in [4.69, 9.17) is 16.2 Å². The van der Waals surface area contributed by atoms with Gasteiger partial charge in [0.05, 0.1) is 25.3 Å². The van der Waals surface area contributed by atoms with Crippen LogP contribution in [-0.4, -0.2) is 96.4 Å². The number of ketones is 1. The number of fused-ring (bicyclic) bond motifs is 1. The lowest BCUT2D eigenvalue weighted by Gasteiger charge is -2.38. The van der Waals surface area contributed by atoms with Crippen LogP contribution in [-0.2, 0) is 28.7 Å². The number of likely N-dealkylation sites (tertiary alicyclic amines) is 1. The first-order valence-electron chi connectivity index (χ1n) is 18.7. The first kappa shape index (κ1) is 39.0. The molecule has 5 fully saturated rings. The zero-order valence-corrected chi connectivity index (χ0v) is 31.8. The van der Waals surface area contributed by atoms with Crippen molar-refractivity contribution in [3.05, 3.63) is 0 Å². The van der Waals surface area contributed by atoms with Crippen LogP contribution in [0.15, 0.2) is 0 Å². The van der Waals surface area contributed by atoms with Crippen molar-refractivity contribution in [2.75, 3.05) is 26.3 Å². The standard InChI is InChI=1S/C37H61N7O7/c1-32(2,3)24(17-40-30(49)35(39)19-51-20-35)42-31(50)43-26(33(4,5)6)29(48)44-18-37(34(7,8)36(37)13-10-14-36)16-23(44)28(47)41-22(25(45)27(38)46)15-21-11-9-12-21/h21-24,26H,9-20,39H2,1-8H3,(H2,38,46)(H,40,49)(H,41,47)(H2,42,43,50)/t22?,23-,24+,26+,37+/m0/s1. The highest BCUT2D eigenvalue weighted by Gasteiger charge is 2.85. The summed E-state index contributed by atoms with van der Waals surface area (Å²) in [6.45, 7) is 16.5. The molecular formula is C37H61N7O7. The van der Waals surface area contributed by atoms with Crippen molar-refractivity contribution in [3.63, 3.8) is 0 Å². The van der Waals surface area contributed by atoms with Gasteiger partial charge in [0.1, 0.15) is 17.6 Å². The van der Waals surface area contributed by atoms with Gasteiger partial charge in [-0.3, -0.25) is 24.0 Å². The number of primary amides is 1. The van der Waals surface area contributed by atoms with Gasteiger partial charge in [-0.15, -0.1) is 0 Å². The Morgan fingerprint density at radius 2 is 1.51 bits per heavy atom. The van der Waals surface area contributed by atoms with Gasteiger partial charge in [0.15, 0.2) is 0 Å². The third kappa shape index (κ3) is 6.87. The van der Waals surface area contributed by atoms with Crippen molar-refractivity contribution in [2.45, 2.75) is 136 Å². The number of nitrogens with two attached hydrogens (primary N) is 2. The number of urea groups is 1. The molecule has 14 nitrogen and oxygen atoms in total. The summed E-state index contributed by atoms with van der Waals surface area (Å²) in [5, 5.41) is 11.6. The van der Waals surface area contributed by atoms with Crippen LogP contribution in [0.2, 0.25) is 0 Å². The molecule has 2 spiro atoms. The third-order valence-electron chi connectivity index (χ3n) is 13.4. The highest BCUT2D eigenvalue weighted by Crippen LogP contribution is 2.88. The van der Waals surface area contributed by atoms with Crippen molar-refractivity contribution in [3.8, 4) is 0 Å². The third-order valence-corrected chi connectivity index (χ3v) is 13.4. The topological polar surface area (TPSA) is 215 Å². The summed E-state index contributed by atoms with van der Waals surface area (Å²) in [5.41, 5.74) is 8.79. The molecule has 8 N–H and O–H groups in total. The van der Waals surface area contributed by atoms with Gasteiger partial charge in [0.2, 0.25) is 23.5 Å². The normalized spacial score (nSPS) is 27.5. The highest BCUT2D eigenvalue weighted by molar-refractivity contribution is 6.37. The van der Waals surface area contributed by atoms with Crippen LogP contribution in [0.3, 0.4) is 0 Å². The van der Waals surface area contributed by atoms with Gasteiger partial charge >= 0.3 is 6.03 Å². The smallest absolute Gasteiger partial charge is 0.315 e. The second-order valence-corrected chi connectivity index (χ2v) is 18.8. The number of carbonyl (C=O) groups excluding carboxylic acids is 6. The number of amides is 6. The van der Waals surface area contributed by atoms with E-state index in [1.165, 1.54) is 0 Å². The quantitative estimate of drug-likeness (QED) is 0.162. The van der Waals surface area contributed by atoms with E-state index in [1.54, 1.807) is 4.90 Å². The van der Waals surface area contributed by atoms with Crippen molar-refractivity contribution >= 4 is 35.4 Å². The molecule has 0 aromatic heterocycles. The Kier molecular flexibility index (Phi) is 10.2. The van der Waals surface area contributed by atoms with E-state index in [0.29, 0.717) is 19.4 Å². The van der Waals surface area contributed by atoms with Crippen LogP contribution in [0.4, 0.5) is 4.79 Å². The van der Waals surface area contributed by atoms with E-state index in [2.05, 4.69) is 35.1 Å². The second kappa shape index (κ2) is 13.3. The van der Waals surface area contributed by atoms with Crippen molar-refractivity contribution in [1.82, 2.24) is 26.2 Å². The zero-order chi connectivity index (χ0) is 37.9. The Balaban J connectivity index is 1.36. The van der Waals surface area contributed by atoms with Crippen molar-refractivity contribution < 1.29 is 33.5 Å². The van der Waals surface area contributed by atoms with Crippen LogP contribution >= 0.6 is 0 Å². The van der Waals surface area contributed by atoms with Gasteiger partial charge < -0.3 is 42.4 Å². The molecule has 5 atom stereocenters. The molecule has 5 rings (SSSR count). The van der Waals surface area contributed by atoms with Crippen LogP contribution in [0, 0.1) is 33.0 Å². The lowest BCUT2D eigenvalue weighted by atomic mass is 9.73. The molecule has 14 heteroatoms. The summed E-state index contributed by atoms with van der Waals surface area (Å²) in [7, 11) is 0. The van der Waals surface area contributed by atoms with E-state index in [0.717, 1.165) is 38.5 Å². The zero-order valence-electron chi connectivity index (χ0n) is 31.8. The Hall–Kier alpha value is -3.26. The first-order valence-corrected chi connectivity index (χ1v) is 18.7. The number of nitrogens with zero attached hydrogens (tertiary/aromatic N) is 1. The molecule has 0 aromatic carbocycles. The molecular weight excluding hydrogens is 654 g/mol. The molecule has 2 heterocycles. The largest absolute Gasteiger partial charge is 0.376 e. The minimum absolute atomic E-state index is 0.0159. The van der Waals surface area contributed by atoms with Crippen molar-refractivity contribution in [2.24, 2.45) is 44.5 Å². The SMILES string of the molecule is CC(C)(C)[C@H](NC(=O)N[C@H](CNC(=O)C1(N)COC1)C(C)(C)C)C(=O)N1C[C@]2(C[C@H]1C(=O)NC(CC1CCC1)C(=O)C(N)=O)C(C)(C)C21CCC1. The fourth-order valence-corrected chi connectivity index (χ4v) is 9.34. The number of nitrogens with one attached hydrogen (secondary N) is 4. The summed E-state index contributed by atoms with van der Waals surface area (Å²) in [4.78, 5) is 81.9. The van der Waals surface area contributed by atoms with Crippen LogP contribution in [0.1, 0.15) is 107 Å². The summed E-state index contributed by atoms with van der Waals surface area (Å²) >= 11 is 0.